The quantitative estimate of drug-likeness (QED) is 0.827. The van der Waals surface area contributed by atoms with E-state index in [9.17, 15) is 4.79 Å². The van der Waals surface area contributed by atoms with Crippen LogP contribution < -0.4 is 0 Å². The number of carbonyl (C=O) groups is 1. The Kier molecular flexibility index (Phi) is 5.07. The maximum absolute atomic E-state index is 11.7. The molecule has 0 aromatic carbocycles. The summed E-state index contributed by atoms with van der Waals surface area (Å²) in [5.74, 6) is 0. The topological polar surface area (TPSA) is 58.2 Å². The monoisotopic (exact) mass is 271 g/mol. The molecular weight excluding hydrogens is 250 g/mol. The van der Waals surface area contributed by atoms with Gasteiger partial charge in [-0.3, -0.25) is 5.10 Å². The van der Waals surface area contributed by atoms with Crippen LogP contribution in [0.4, 0.5) is 4.79 Å². The Morgan fingerprint density at radius 2 is 2.22 bits per heavy atom. The molecule has 1 heterocycles. The summed E-state index contributed by atoms with van der Waals surface area (Å²) in [6.07, 6.45) is 3.03. The van der Waals surface area contributed by atoms with Gasteiger partial charge in [-0.25, -0.2) is 4.79 Å². The lowest BCUT2D eigenvalue weighted by Crippen LogP contribution is -2.34. The minimum Gasteiger partial charge on any atom is -0.444 e. The van der Waals surface area contributed by atoms with E-state index >= 15 is 0 Å². The summed E-state index contributed by atoms with van der Waals surface area (Å²) in [5, 5.41) is 6.78. The van der Waals surface area contributed by atoms with Crippen LogP contribution in [-0.4, -0.2) is 40.4 Å². The van der Waals surface area contributed by atoms with Gasteiger partial charge in [0.05, 0.1) is 6.20 Å². The Bertz CT molecular complexity index is 398. The minimum absolute atomic E-state index is 0.293. The van der Waals surface area contributed by atoms with E-state index in [2.05, 4.69) is 22.8 Å². The predicted octanol–water partition coefficient (Wildman–Crippen LogP) is 2.50. The molecule has 1 aromatic rings. The summed E-state index contributed by atoms with van der Waals surface area (Å²) in [4.78, 5) is 14.1. The maximum atomic E-state index is 11.7. The van der Waals surface area contributed by atoms with E-state index in [1.807, 2.05) is 20.8 Å². The van der Waals surface area contributed by atoms with Crippen molar-refractivity contribution < 1.29 is 9.53 Å². The van der Waals surface area contributed by atoms with E-state index in [1.165, 1.54) is 0 Å². The first-order valence-electron chi connectivity index (χ1n) is 5.95. The van der Waals surface area contributed by atoms with Gasteiger partial charge in [0, 0.05) is 24.2 Å². The number of hydrogen-bond acceptors (Lipinski definition) is 4. The molecule has 5 nitrogen and oxygen atoms in total. The summed E-state index contributed by atoms with van der Waals surface area (Å²) in [6, 6.07) is 0. The molecule has 0 saturated heterocycles. The lowest BCUT2D eigenvalue weighted by Gasteiger charge is -2.24. The molecule has 18 heavy (non-hydrogen) atoms. The molecule has 0 bridgehead atoms. The molecule has 1 rings (SSSR count). The molecule has 0 atom stereocenters. The smallest absolute Gasteiger partial charge is 0.410 e. The second-order valence-corrected chi connectivity index (χ2v) is 5.72. The van der Waals surface area contributed by atoms with Gasteiger partial charge in [0.1, 0.15) is 5.60 Å². The summed E-state index contributed by atoms with van der Waals surface area (Å²) < 4.78 is 5.26. The summed E-state index contributed by atoms with van der Waals surface area (Å²) in [5.41, 5.74) is 0.545. The van der Waals surface area contributed by atoms with Gasteiger partial charge in [0.15, 0.2) is 0 Å². The zero-order valence-electron chi connectivity index (χ0n) is 11.4. The Hall–Kier alpha value is -1.17. The Morgan fingerprint density at radius 3 is 2.72 bits per heavy atom. The van der Waals surface area contributed by atoms with Crippen molar-refractivity contribution in [3.05, 3.63) is 11.9 Å². The number of amides is 1. The molecule has 0 aliphatic rings. The molecule has 0 fully saturated rings. The van der Waals surface area contributed by atoms with E-state index in [-0.39, 0.29) is 6.09 Å². The molecule has 0 aliphatic heterocycles. The van der Waals surface area contributed by atoms with Crippen LogP contribution in [0.15, 0.2) is 11.1 Å². The molecular formula is C12H21N3O2S. The van der Waals surface area contributed by atoms with Crippen molar-refractivity contribution in [3.8, 4) is 0 Å². The molecule has 102 valence electrons. The van der Waals surface area contributed by atoms with Gasteiger partial charge in [-0.05, 0) is 33.6 Å². The second kappa shape index (κ2) is 6.13. The van der Waals surface area contributed by atoms with Crippen LogP contribution in [0.25, 0.3) is 0 Å². The number of thiol groups is 1. The van der Waals surface area contributed by atoms with Crippen molar-refractivity contribution in [2.24, 2.45) is 0 Å². The third kappa shape index (κ3) is 5.00. The highest BCUT2D eigenvalue weighted by atomic mass is 32.1. The van der Waals surface area contributed by atoms with Gasteiger partial charge in [-0.2, -0.15) is 5.10 Å². The van der Waals surface area contributed by atoms with Crippen molar-refractivity contribution >= 4 is 18.7 Å². The van der Waals surface area contributed by atoms with Crippen molar-refractivity contribution in [2.75, 3.05) is 13.6 Å². The van der Waals surface area contributed by atoms with Crippen molar-refractivity contribution in [1.82, 2.24) is 15.1 Å². The summed E-state index contributed by atoms with van der Waals surface area (Å²) in [7, 11) is 1.74. The molecule has 0 saturated carbocycles. The first kappa shape index (κ1) is 14.9. The summed E-state index contributed by atoms with van der Waals surface area (Å²) in [6.45, 7) is 6.21. The average molecular weight is 271 g/mol. The Morgan fingerprint density at radius 1 is 1.56 bits per heavy atom. The lowest BCUT2D eigenvalue weighted by molar-refractivity contribution is 0.0297. The molecule has 0 spiro atoms. The van der Waals surface area contributed by atoms with Crippen LogP contribution >= 0.6 is 12.6 Å². The van der Waals surface area contributed by atoms with Gasteiger partial charge in [-0.15, -0.1) is 12.6 Å². The second-order valence-electron chi connectivity index (χ2n) is 5.24. The van der Waals surface area contributed by atoms with E-state index < -0.39 is 5.60 Å². The molecule has 1 N–H and O–H groups in total. The number of ether oxygens (including phenoxy) is 1. The zero-order chi connectivity index (χ0) is 13.8. The number of nitrogens with one attached hydrogen (secondary N) is 1. The normalized spacial score (nSPS) is 11.4. The molecule has 0 radical (unpaired) electrons. The molecule has 0 unspecified atom stereocenters. The van der Waals surface area contributed by atoms with E-state index in [4.69, 9.17) is 4.74 Å². The largest absolute Gasteiger partial charge is 0.444 e. The SMILES string of the molecule is CN(CCCc1[nH]ncc1S)C(=O)OC(C)(C)C. The average Bonchev–Trinajstić information content (AvgIpc) is 2.62. The van der Waals surface area contributed by atoms with Crippen LogP contribution in [0.2, 0.25) is 0 Å². The number of rotatable bonds is 4. The number of H-pyrrole nitrogens is 1. The van der Waals surface area contributed by atoms with Crippen LogP contribution in [0.3, 0.4) is 0 Å². The first-order valence-corrected chi connectivity index (χ1v) is 6.39. The third-order valence-electron chi connectivity index (χ3n) is 2.32. The number of aromatic amines is 1. The highest BCUT2D eigenvalue weighted by Crippen LogP contribution is 2.12. The highest BCUT2D eigenvalue weighted by Gasteiger charge is 2.19. The highest BCUT2D eigenvalue weighted by molar-refractivity contribution is 7.80. The van der Waals surface area contributed by atoms with Gasteiger partial charge >= 0.3 is 6.09 Å². The van der Waals surface area contributed by atoms with Gasteiger partial charge in [-0.1, -0.05) is 0 Å². The fraction of sp³-hybridized carbons (Fsp3) is 0.667. The number of carbonyl (C=O) groups excluding carboxylic acids is 1. The van der Waals surface area contributed by atoms with Crippen molar-refractivity contribution in [1.29, 1.82) is 0 Å². The number of hydrogen-bond donors (Lipinski definition) is 2. The minimum atomic E-state index is -0.451. The number of aryl methyl sites for hydroxylation is 1. The van der Waals surface area contributed by atoms with Crippen LogP contribution in [0.1, 0.15) is 32.9 Å². The molecule has 1 aromatic heterocycles. The summed E-state index contributed by atoms with van der Waals surface area (Å²) >= 11 is 4.27. The number of nitrogens with zero attached hydrogens (tertiary/aromatic N) is 2. The van der Waals surface area contributed by atoms with Gasteiger partial charge in [0.25, 0.3) is 0 Å². The van der Waals surface area contributed by atoms with Crippen LogP contribution in [0.5, 0.6) is 0 Å². The van der Waals surface area contributed by atoms with Crippen LogP contribution in [-0.2, 0) is 11.2 Å². The van der Waals surface area contributed by atoms with Gasteiger partial charge < -0.3 is 9.64 Å². The zero-order valence-corrected chi connectivity index (χ0v) is 12.3. The standard InChI is InChI=1S/C12H21N3O2S/c1-12(2,3)17-11(16)15(4)7-5-6-9-10(18)8-13-14-9/h8,18H,5-7H2,1-4H3,(H,13,14). The third-order valence-corrected chi connectivity index (χ3v) is 2.71. The van der Waals surface area contributed by atoms with E-state index in [0.29, 0.717) is 6.54 Å². The molecule has 6 heteroatoms. The first-order chi connectivity index (χ1) is 8.29. The van der Waals surface area contributed by atoms with E-state index in [1.54, 1.807) is 18.1 Å². The van der Waals surface area contributed by atoms with E-state index in [0.717, 1.165) is 23.4 Å². The predicted molar refractivity (Wildman–Crippen MR) is 73.0 cm³/mol. The lowest BCUT2D eigenvalue weighted by atomic mass is 10.2. The van der Waals surface area contributed by atoms with Crippen molar-refractivity contribution in [2.45, 2.75) is 44.1 Å². The van der Waals surface area contributed by atoms with Crippen molar-refractivity contribution in [3.63, 3.8) is 0 Å². The fourth-order valence-electron chi connectivity index (χ4n) is 1.41. The van der Waals surface area contributed by atoms with Crippen LogP contribution in [0, 0.1) is 0 Å². The number of aromatic nitrogens is 2. The molecule has 0 aliphatic carbocycles. The Labute approximate surface area is 113 Å². The maximum Gasteiger partial charge on any atom is 0.410 e. The molecule has 1 amide bonds. The fourth-order valence-corrected chi connectivity index (χ4v) is 1.63. The van der Waals surface area contributed by atoms with Gasteiger partial charge in [0.2, 0.25) is 0 Å². The Balaban J connectivity index is 2.31.